The Morgan fingerprint density at radius 3 is 2.75 bits per heavy atom. The highest BCUT2D eigenvalue weighted by Crippen LogP contribution is 2.29. The fourth-order valence-corrected chi connectivity index (χ4v) is 2.97. The lowest BCUT2D eigenvalue weighted by Gasteiger charge is -2.04. The van der Waals surface area contributed by atoms with Gasteiger partial charge >= 0.3 is 0 Å². The summed E-state index contributed by atoms with van der Waals surface area (Å²) in [6, 6.07) is 6.81. The molecule has 4 nitrogen and oxygen atoms in total. The van der Waals surface area contributed by atoms with Crippen LogP contribution in [0.4, 0.5) is 18.3 Å². The molecule has 0 unspecified atom stereocenters. The van der Waals surface area contributed by atoms with Crippen molar-refractivity contribution in [3.05, 3.63) is 53.3 Å². The number of nitrogens with zero attached hydrogens (tertiary/aromatic N) is 1. The SMILES string of the molecule is CCOc1ccc2nc(NC(=O)c3ccc(F)c(F)c3F)sc2c1. The van der Waals surface area contributed by atoms with Crippen molar-refractivity contribution in [1.82, 2.24) is 4.98 Å². The van der Waals surface area contributed by atoms with E-state index in [9.17, 15) is 18.0 Å². The Balaban J connectivity index is 1.87. The quantitative estimate of drug-likeness (QED) is 0.710. The minimum atomic E-state index is -1.69. The minimum absolute atomic E-state index is 0.216. The molecular weight excluding hydrogens is 341 g/mol. The molecule has 0 spiro atoms. The van der Waals surface area contributed by atoms with Crippen molar-refractivity contribution in [1.29, 1.82) is 0 Å². The highest BCUT2D eigenvalue weighted by Gasteiger charge is 2.19. The van der Waals surface area contributed by atoms with Gasteiger partial charge < -0.3 is 4.74 Å². The molecule has 0 aliphatic carbocycles. The fourth-order valence-electron chi connectivity index (χ4n) is 2.08. The Labute approximate surface area is 138 Å². The van der Waals surface area contributed by atoms with Crippen LogP contribution < -0.4 is 10.1 Å². The fraction of sp³-hybridized carbons (Fsp3) is 0.125. The monoisotopic (exact) mass is 352 g/mol. The smallest absolute Gasteiger partial charge is 0.260 e. The van der Waals surface area contributed by atoms with E-state index in [-0.39, 0.29) is 5.13 Å². The number of carbonyl (C=O) groups excluding carboxylic acids is 1. The van der Waals surface area contributed by atoms with E-state index in [1.165, 1.54) is 0 Å². The second kappa shape index (κ2) is 6.48. The number of amides is 1. The van der Waals surface area contributed by atoms with Gasteiger partial charge in [0.2, 0.25) is 0 Å². The van der Waals surface area contributed by atoms with Gasteiger partial charge in [0.05, 0.1) is 22.4 Å². The second-order valence-corrected chi connectivity index (χ2v) is 5.79. The normalized spacial score (nSPS) is 10.8. The standard InChI is InChI=1S/C16H11F3N2O2S/c1-2-23-8-3-6-11-12(7-8)24-16(20-11)21-15(22)9-4-5-10(17)14(19)13(9)18/h3-7H,2H2,1H3,(H,20,21,22). The van der Waals surface area contributed by atoms with Crippen molar-refractivity contribution >= 4 is 32.6 Å². The molecule has 0 aliphatic heterocycles. The molecule has 1 heterocycles. The molecular formula is C16H11F3N2O2S. The summed E-state index contributed by atoms with van der Waals surface area (Å²) in [5.41, 5.74) is 0.0349. The Morgan fingerprint density at radius 1 is 1.21 bits per heavy atom. The first-order chi connectivity index (χ1) is 11.5. The van der Waals surface area contributed by atoms with Gasteiger partial charge in [0.15, 0.2) is 22.6 Å². The van der Waals surface area contributed by atoms with Crippen LogP contribution in [0, 0.1) is 17.5 Å². The number of fused-ring (bicyclic) bond motifs is 1. The lowest BCUT2D eigenvalue weighted by atomic mass is 10.2. The molecule has 2 aromatic carbocycles. The van der Waals surface area contributed by atoms with E-state index in [1.54, 1.807) is 18.2 Å². The number of ether oxygens (including phenoxy) is 1. The zero-order chi connectivity index (χ0) is 17.3. The number of rotatable bonds is 4. The van der Waals surface area contributed by atoms with Gasteiger partial charge in [-0.15, -0.1) is 0 Å². The summed E-state index contributed by atoms with van der Waals surface area (Å²) in [6.45, 7) is 2.38. The molecule has 3 rings (SSSR count). The third kappa shape index (κ3) is 3.05. The molecule has 1 aromatic heterocycles. The number of carbonyl (C=O) groups is 1. The average Bonchev–Trinajstić information content (AvgIpc) is 2.94. The van der Waals surface area contributed by atoms with Gasteiger partial charge in [0, 0.05) is 0 Å². The zero-order valence-corrected chi connectivity index (χ0v) is 13.2. The van der Waals surface area contributed by atoms with Crippen molar-refractivity contribution in [3.8, 4) is 5.75 Å². The van der Waals surface area contributed by atoms with Gasteiger partial charge in [-0.05, 0) is 37.3 Å². The predicted molar refractivity (Wildman–Crippen MR) is 85.1 cm³/mol. The first kappa shape index (κ1) is 16.3. The highest BCUT2D eigenvalue weighted by atomic mass is 32.1. The molecule has 0 bridgehead atoms. The maximum Gasteiger partial charge on any atom is 0.260 e. The van der Waals surface area contributed by atoms with Gasteiger partial charge in [0.1, 0.15) is 5.75 Å². The third-order valence-electron chi connectivity index (χ3n) is 3.17. The van der Waals surface area contributed by atoms with Crippen LogP contribution >= 0.6 is 11.3 Å². The molecule has 3 aromatic rings. The van der Waals surface area contributed by atoms with Crippen LogP contribution in [-0.4, -0.2) is 17.5 Å². The Hall–Kier alpha value is -2.61. The van der Waals surface area contributed by atoms with Crippen molar-refractivity contribution in [2.45, 2.75) is 6.92 Å². The van der Waals surface area contributed by atoms with Gasteiger partial charge in [-0.2, -0.15) is 0 Å². The van der Waals surface area contributed by atoms with Gasteiger partial charge in [-0.1, -0.05) is 11.3 Å². The Morgan fingerprint density at radius 2 is 2.00 bits per heavy atom. The van der Waals surface area contributed by atoms with Crippen LogP contribution in [0.15, 0.2) is 30.3 Å². The predicted octanol–water partition coefficient (Wildman–Crippen LogP) is 4.36. The molecule has 0 aliphatic rings. The lowest BCUT2D eigenvalue weighted by molar-refractivity contribution is 0.102. The number of nitrogens with one attached hydrogen (secondary N) is 1. The molecule has 1 amide bonds. The molecule has 0 atom stereocenters. The van der Waals surface area contributed by atoms with E-state index in [1.807, 2.05) is 6.92 Å². The number of anilines is 1. The first-order valence-corrected chi connectivity index (χ1v) is 7.79. The summed E-state index contributed by atoms with van der Waals surface area (Å²) in [4.78, 5) is 16.2. The van der Waals surface area contributed by atoms with Crippen molar-refractivity contribution in [2.24, 2.45) is 0 Å². The summed E-state index contributed by atoms with van der Waals surface area (Å²) >= 11 is 1.16. The molecule has 0 saturated carbocycles. The van der Waals surface area contributed by atoms with E-state index in [0.717, 1.165) is 22.1 Å². The van der Waals surface area contributed by atoms with E-state index in [2.05, 4.69) is 10.3 Å². The number of hydrogen-bond donors (Lipinski definition) is 1. The zero-order valence-electron chi connectivity index (χ0n) is 12.4. The number of aromatic nitrogens is 1. The molecule has 1 N–H and O–H groups in total. The second-order valence-electron chi connectivity index (χ2n) is 4.76. The van der Waals surface area contributed by atoms with Gasteiger partial charge in [0.25, 0.3) is 5.91 Å². The summed E-state index contributed by atoms with van der Waals surface area (Å²) in [7, 11) is 0. The molecule has 8 heteroatoms. The Bertz CT molecular complexity index is 927. The average molecular weight is 352 g/mol. The minimum Gasteiger partial charge on any atom is -0.494 e. The van der Waals surface area contributed by atoms with Crippen LogP contribution in [0.2, 0.25) is 0 Å². The van der Waals surface area contributed by atoms with Crippen LogP contribution in [0.25, 0.3) is 10.2 Å². The summed E-state index contributed by atoms with van der Waals surface area (Å²) in [5, 5.41) is 2.60. The largest absolute Gasteiger partial charge is 0.494 e. The van der Waals surface area contributed by atoms with Crippen LogP contribution in [-0.2, 0) is 0 Å². The van der Waals surface area contributed by atoms with E-state index >= 15 is 0 Å². The number of halogens is 3. The number of benzene rings is 2. The molecule has 0 fully saturated rings. The Kier molecular flexibility index (Phi) is 4.39. The third-order valence-corrected chi connectivity index (χ3v) is 4.10. The van der Waals surface area contributed by atoms with E-state index < -0.39 is 28.9 Å². The van der Waals surface area contributed by atoms with Crippen LogP contribution in [0.5, 0.6) is 5.75 Å². The molecule has 0 saturated heterocycles. The van der Waals surface area contributed by atoms with E-state index in [4.69, 9.17) is 4.74 Å². The topological polar surface area (TPSA) is 51.2 Å². The molecule has 124 valence electrons. The summed E-state index contributed by atoms with van der Waals surface area (Å²) in [6.07, 6.45) is 0. The van der Waals surface area contributed by atoms with Gasteiger partial charge in [-0.25, -0.2) is 18.2 Å². The van der Waals surface area contributed by atoms with Crippen LogP contribution in [0.1, 0.15) is 17.3 Å². The highest BCUT2D eigenvalue weighted by molar-refractivity contribution is 7.22. The maximum absolute atomic E-state index is 13.6. The van der Waals surface area contributed by atoms with Crippen molar-refractivity contribution in [2.75, 3.05) is 11.9 Å². The number of hydrogen-bond acceptors (Lipinski definition) is 4. The molecule has 0 radical (unpaired) electrons. The van der Waals surface area contributed by atoms with Crippen molar-refractivity contribution < 1.29 is 22.7 Å². The van der Waals surface area contributed by atoms with Crippen molar-refractivity contribution in [3.63, 3.8) is 0 Å². The van der Waals surface area contributed by atoms with E-state index in [0.29, 0.717) is 23.9 Å². The first-order valence-electron chi connectivity index (χ1n) is 6.98. The lowest BCUT2D eigenvalue weighted by Crippen LogP contribution is -2.15. The molecule has 24 heavy (non-hydrogen) atoms. The van der Waals surface area contributed by atoms with Crippen LogP contribution in [0.3, 0.4) is 0 Å². The summed E-state index contributed by atoms with van der Waals surface area (Å²) < 4.78 is 45.9. The maximum atomic E-state index is 13.6. The van der Waals surface area contributed by atoms with Gasteiger partial charge in [-0.3, -0.25) is 10.1 Å². The number of thiazole rings is 1. The summed E-state index contributed by atoms with van der Waals surface area (Å²) in [5.74, 6) is -4.82.